The maximum Gasteiger partial charge on any atom is 0.317 e. The number of nitrogens with one attached hydrogen (secondary N) is 1. The Morgan fingerprint density at radius 3 is 2.30 bits per heavy atom. The standard InChI is InChI=1S/C21H26FN3O2/c22-19-7-5-17(6-8-19)20(26)18-9-11-25(12-10-18)21(27)24-14-16-3-1-15(13-23)2-4-16/h1-8,18,20,26H,9-14,23H2,(H,24,27). The number of nitrogens with two attached hydrogens (primary N) is 1. The summed E-state index contributed by atoms with van der Waals surface area (Å²) >= 11 is 0. The van der Waals surface area contributed by atoms with Gasteiger partial charge in [-0.25, -0.2) is 9.18 Å². The lowest BCUT2D eigenvalue weighted by Crippen LogP contribution is -2.44. The van der Waals surface area contributed by atoms with E-state index in [-0.39, 0.29) is 17.8 Å². The number of urea groups is 1. The molecular formula is C21H26FN3O2. The van der Waals surface area contributed by atoms with Gasteiger partial charge in [-0.05, 0) is 47.6 Å². The molecule has 0 saturated carbocycles. The number of likely N-dealkylation sites (tertiary alicyclic amines) is 1. The maximum atomic E-state index is 13.0. The van der Waals surface area contributed by atoms with Crippen molar-refractivity contribution in [2.24, 2.45) is 11.7 Å². The van der Waals surface area contributed by atoms with E-state index in [1.165, 1.54) is 12.1 Å². The Labute approximate surface area is 159 Å². The Morgan fingerprint density at radius 1 is 1.11 bits per heavy atom. The van der Waals surface area contributed by atoms with Crippen LogP contribution in [0.25, 0.3) is 0 Å². The maximum absolute atomic E-state index is 13.0. The molecule has 1 aliphatic heterocycles. The van der Waals surface area contributed by atoms with Crippen molar-refractivity contribution in [3.8, 4) is 0 Å². The number of halogens is 1. The monoisotopic (exact) mass is 371 g/mol. The van der Waals surface area contributed by atoms with Crippen LogP contribution in [-0.4, -0.2) is 29.1 Å². The van der Waals surface area contributed by atoms with Crippen molar-refractivity contribution < 1.29 is 14.3 Å². The number of aliphatic hydroxyl groups is 1. The number of carbonyl (C=O) groups is 1. The van der Waals surface area contributed by atoms with E-state index in [0.717, 1.165) is 29.5 Å². The first-order valence-corrected chi connectivity index (χ1v) is 9.31. The number of amides is 2. The minimum atomic E-state index is -0.628. The van der Waals surface area contributed by atoms with Gasteiger partial charge in [0.05, 0.1) is 6.10 Å². The average molecular weight is 371 g/mol. The Balaban J connectivity index is 1.46. The first kappa shape index (κ1) is 19.3. The highest BCUT2D eigenvalue weighted by molar-refractivity contribution is 5.74. The zero-order valence-electron chi connectivity index (χ0n) is 15.3. The van der Waals surface area contributed by atoms with Crippen molar-refractivity contribution in [2.75, 3.05) is 13.1 Å². The lowest BCUT2D eigenvalue weighted by Gasteiger charge is -2.34. The van der Waals surface area contributed by atoms with Crippen LogP contribution in [-0.2, 0) is 13.1 Å². The molecule has 27 heavy (non-hydrogen) atoms. The van der Waals surface area contributed by atoms with Crippen molar-refractivity contribution in [2.45, 2.75) is 32.0 Å². The summed E-state index contributed by atoms with van der Waals surface area (Å²) in [5.74, 6) is -0.238. The van der Waals surface area contributed by atoms with Crippen LogP contribution in [0.2, 0.25) is 0 Å². The summed E-state index contributed by atoms with van der Waals surface area (Å²) in [5.41, 5.74) is 8.40. The largest absolute Gasteiger partial charge is 0.388 e. The zero-order chi connectivity index (χ0) is 19.2. The van der Waals surface area contributed by atoms with Gasteiger partial charge >= 0.3 is 6.03 Å². The molecule has 0 radical (unpaired) electrons. The fourth-order valence-corrected chi connectivity index (χ4v) is 3.43. The summed E-state index contributed by atoms with van der Waals surface area (Å²) in [6.45, 7) is 2.18. The van der Waals surface area contributed by atoms with Crippen LogP contribution in [0, 0.1) is 11.7 Å². The first-order valence-electron chi connectivity index (χ1n) is 9.31. The summed E-state index contributed by atoms with van der Waals surface area (Å²) in [7, 11) is 0. The fourth-order valence-electron chi connectivity index (χ4n) is 3.43. The Morgan fingerprint density at radius 2 is 1.70 bits per heavy atom. The van der Waals surface area contributed by atoms with Gasteiger partial charge in [0.15, 0.2) is 0 Å². The Hall–Kier alpha value is -2.44. The second-order valence-corrected chi connectivity index (χ2v) is 7.00. The summed E-state index contributed by atoms with van der Waals surface area (Å²) < 4.78 is 13.0. The first-order chi connectivity index (χ1) is 13.1. The summed E-state index contributed by atoms with van der Waals surface area (Å²) in [6, 6.07) is 13.7. The molecule has 144 valence electrons. The third-order valence-electron chi connectivity index (χ3n) is 5.19. The van der Waals surface area contributed by atoms with Gasteiger partial charge in [-0.2, -0.15) is 0 Å². The highest BCUT2D eigenvalue weighted by Gasteiger charge is 2.28. The number of nitrogens with zero attached hydrogens (tertiary/aromatic N) is 1. The molecule has 4 N–H and O–H groups in total. The molecule has 1 unspecified atom stereocenters. The second kappa shape index (κ2) is 8.97. The van der Waals surface area contributed by atoms with Crippen LogP contribution in [0.4, 0.5) is 9.18 Å². The smallest absolute Gasteiger partial charge is 0.317 e. The number of piperidine rings is 1. The number of rotatable bonds is 5. The van der Waals surface area contributed by atoms with E-state index in [2.05, 4.69) is 5.32 Å². The summed E-state index contributed by atoms with van der Waals surface area (Å²) in [5, 5.41) is 13.4. The van der Waals surface area contributed by atoms with E-state index in [0.29, 0.717) is 26.2 Å². The fraction of sp³-hybridized carbons (Fsp3) is 0.381. The molecule has 0 spiro atoms. The van der Waals surface area contributed by atoms with Gasteiger partial charge in [-0.15, -0.1) is 0 Å². The van der Waals surface area contributed by atoms with E-state index in [9.17, 15) is 14.3 Å². The molecule has 2 aromatic rings. The van der Waals surface area contributed by atoms with Gasteiger partial charge in [0.2, 0.25) is 0 Å². The van der Waals surface area contributed by atoms with Crippen LogP contribution in [0.3, 0.4) is 0 Å². The predicted octanol–water partition coefficient (Wildman–Crippen LogP) is 2.94. The van der Waals surface area contributed by atoms with Crippen LogP contribution in [0.1, 0.15) is 35.6 Å². The molecule has 2 aromatic carbocycles. The number of aliphatic hydroxyl groups excluding tert-OH is 1. The SMILES string of the molecule is NCc1ccc(CNC(=O)N2CCC(C(O)c3ccc(F)cc3)CC2)cc1. The molecule has 1 fully saturated rings. The third-order valence-corrected chi connectivity index (χ3v) is 5.19. The van der Waals surface area contributed by atoms with E-state index in [1.54, 1.807) is 17.0 Å². The molecule has 1 aliphatic rings. The van der Waals surface area contributed by atoms with E-state index in [4.69, 9.17) is 5.73 Å². The molecule has 6 heteroatoms. The topological polar surface area (TPSA) is 78.6 Å². The minimum absolute atomic E-state index is 0.0725. The molecular weight excluding hydrogens is 345 g/mol. The quantitative estimate of drug-likeness (QED) is 0.756. The van der Waals surface area contributed by atoms with Crippen molar-refractivity contribution in [1.29, 1.82) is 0 Å². The highest BCUT2D eigenvalue weighted by atomic mass is 19.1. The number of benzene rings is 2. The molecule has 1 saturated heterocycles. The van der Waals surface area contributed by atoms with Crippen molar-refractivity contribution in [3.63, 3.8) is 0 Å². The molecule has 0 bridgehead atoms. The van der Waals surface area contributed by atoms with E-state index in [1.807, 2.05) is 24.3 Å². The van der Waals surface area contributed by atoms with Gasteiger partial charge in [-0.1, -0.05) is 36.4 Å². The van der Waals surface area contributed by atoms with Crippen molar-refractivity contribution in [3.05, 3.63) is 71.0 Å². The molecule has 2 amide bonds. The lowest BCUT2D eigenvalue weighted by atomic mass is 9.87. The van der Waals surface area contributed by atoms with Gasteiger partial charge in [0, 0.05) is 26.2 Å². The van der Waals surface area contributed by atoms with Gasteiger partial charge < -0.3 is 21.1 Å². The van der Waals surface area contributed by atoms with E-state index < -0.39 is 6.10 Å². The van der Waals surface area contributed by atoms with Gasteiger partial charge in [0.1, 0.15) is 5.82 Å². The molecule has 1 heterocycles. The predicted molar refractivity (Wildman–Crippen MR) is 102 cm³/mol. The highest BCUT2D eigenvalue weighted by Crippen LogP contribution is 2.30. The number of hydrogen-bond acceptors (Lipinski definition) is 3. The molecule has 0 aliphatic carbocycles. The zero-order valence-corrected chi connectivity index (χ0v) is 15.3. The molecule has 5 nitrogen and oxygen atoms in total. The molecule has 3 rings (SSSR count). The lowest BCUT2D eigenvalue weighted by molar-refractivity contribution is 0.0664. The van der Waals surface area contributed by atoms with Crippen LogP contribution in [0.5, 0.6) is 0 Å². The molecule has 0 aromatic heterocycles. The number of carbonyl (C=O) groups excluding carboxylic acids is 1. The van der Waals surface area contributed by atoms with Crippen molar-refractivity contribution in [1.82, 2.24) is 10.2 Å². The summed E-state index contributed by atoms with van der Waals surface area (Å²) in [4.78, 5) is 14.1. The van der Waals surface area contributed by atoms with Gasteiger partial charge in [0.25, 0.3) is 0 Å². The summed E-state index contributed by atoms with van der Waals surface area (Å²) in [6.07, 6.45) is 0.811. The Kier molecular flexibility index (Phi) is 6.42. The normalized spacial score (nSPS) is 16.2. The van der Waals surface area contributed by atoms with Crippen molar-refractivity contribution >= 4 is 6.03 Å². The third kappa shape index (κ3) is 5.05. The average Bonchev–Trinajstić information content (AvgIpc) is 2.72. The van der Waals surface area contributed by atoms with E-state index >= 15 is 0 Å². The second-order valence-electron chi connectivity index (χ2n) is 7.00. The van der Waals surface area contributed by atoms with Crippen LogP contribution >= 0.6 is 0 Å². The minimum Gasteiger partial charge on any atom is -0.388 e. The molecule has 1 atom stereocenters. The Bertz CT molecular complexity index is 741. The van der Waals surface area contributed by atoms with Crippen LogP contribution < -0.4 is 11.1 Å². The van der Waals surface area contributed by atoms with Crippen LogP contribution in [0.15, 0.2) is 48.5 Å². The van der Waals surface area contributed by atoms with Gasteiger partial charge in [-0.3, -0.25) is 0 Å². The number of hydrogen-bond donors (Lipinski definition) is 3.